The van der Waals surface area contributed by atoms with Gasteiger partial charge in [0.05, 0.1) is 0 Å². The highest BCUT2D eigenvalue weighted by Gasteiger charge is 2.49. The first kappa shape index (κ1) is 9.08. The van der Waals surface area contributed by atoms with Crippen molar-refractivity contribution in [3.63, 3.8) is 0 Å². The lowest BCUT2D eigenvalue weighted by molar-refractivity contribution is -0.00416. The smallest absolute Gasteiger partial charge is 0.145 e. The van der Waals surface area contributed by atoms with Gasteiger partial charge in [0.25, 0.3) is 0 Å². The second kappa shape index (κ2) is 3.02. The first-order valence-electron chi connectivity index (χ1n) is 6.60. The van der Waals surface area contributed by atoms with Gasteiger partial charge < -0.3 is 5.73 Å². The van der Waals surface area contributed by atoms with Crippen molar-refractivity contribution in [1.82, 2.24) is 10.2 Å². The predicted octanol–water partition coefficient (Wildman–Crippen LogP) is 2.53. The number of rotatable bonds is 1. The minimum absolute atomic E-state index is 0.656. The third-order valence-electron chi connectivity index (χ3n) is 5.20. The van der Waals surface area contributed by atoms with E-state index in [4.69, 9.17) is 5.73 Å². The number of hydrogen-bond donors (Lipinski definition) is 2. The first-order valence-corrected chi connectivity index (χ1v) is 6.60. The second-order valence-electron chi connectivity index (χ2n) is 6.20. The van der Waals surface area contributed by atoms with Crippen molar-refractivity contribution in [2.45, 2.75) is 38.0 Å². The summed E-state index contributed by atoms with van der Waals surface area (Å²) in [5, 5.41) is 7.26. The van der Waals surface area contributed by atoms with Crippen molar-refractivity contribution >= 4 is 5.82 Å². The molecule has 4 bridgehead atoms. The summed E-state index contributed by atoms with van der Waals surface area (Å²) >= 11 is 0. The Labute approximate surface area is 95.8 Å². The molecule has 3 nitrogen and oxygen atoms in total. The molecule has 4 fully saturated rings. The van der Waals surface area contributed by atoms with Crippen LogP contribution in [0.15, 0.2) is 6.07 Å². The standard InChI is InChI=1S/C13H19N3/c14-12-6-11(15-16-12)13-9-2-7-1-8(4-9)5-10(13)3-7/h6-10,13H,1-5H2,(H3,14,15,16). The van der Waals surface area contributed by atoms with Crippen molar-refractivity contribution in [2.75, 3.05) is 5.73 Å². The summed E-state index contributed by atoms with van der Waals surface area (Å²) in [6.45, 7) is 0. The van der Waals surface area contributed by atoms with Gasteiger partial charge in [0.2, 0.25) is 0 Å². The summed E-state index contributed by atoms with van der Waals surface area (Å²) in [5.74, 6) is 5.30. The summed E-state index contributed by atoms with van der Waals surface area (Å²) in [6.07, 6.45) is 7.34. The zero-order chi connectivity index (χ0) is 10.7. The molecule has 3 heteroatoms. The minimum Gasteiger partial charge on any atom is -0.382 e. The topological polar surface area (TPSA) is 54.7 Å². The van der Waals surface area contributed by atoms with Crippen LogP contribution >= 0.6 is 0 Å². The highest BCUT2D eigenvalue weighted by molar-refractivity contribution is 5.31. The summed E-state index contributed by atoms with van der Waals surface area (Å²) in [7, 11) is 0. The van der Waals surface area contributed by atoms with E-state index >= 15 is 0 Å². The van der Waals surface area contributed by atoms with Gasteiger partial charge in [-0.3, -0.25) is 5.10 Å². The Bertz CT molecular complexity index is 381. The summed E-state index contributed by atoms with van der Waals surface area (Å²) in [4.78, 5) is 0. The fourth-order valence-electron chi connectivity index (χ4n) is 4.96. The molecule has 0 spiro atoms. The van der Waals surface area contributed by atoms with Crippen LogP contribution in [0, 0.1) is 23.7 Å². The van der Waals surface area contributed by atoms with Gasteiger partial charge in [0, 0.05) is 17.7 Å². The van der Waals surface area contributed by atoms with E-state index in [1.807, 2.05) is 0 Å². The van der Waals surface area contributed by atoms with Crippen LogP contribution in [0.3, 0.4) is 0 Å². The molecule has 0 unspecified atom stereocenters. The molecule has 5 rings (SSSR count). The Morgan fingerprint density at radius 2 is 1.69 bits per heavy atom. The lowest BCUT2D eigenvalue weighted by atomic mass is 9.51. The minimum atomic E-state index is 0.656. The average Bonchev–Trinajstić information content (AvgIpc) is 2.63. The number of hydrogen-bond acceptors (Lipinski definition) is 2. The van der Waals surface area contributed by atoms with E-state index in [1.54, 1.807) is 0 Å². The normalized spacial score (nSPS) is 45.1. The SMILES string of the molecule is Nc1cc(C2C3CC4CC(C3)CC2C4)[nH]n1. The van der Waals surface area contributed by atoms with E-state index in [2.05, 4.69) is 16.3 Å². The number of nitrogens with zero attached hydrogens (tertiary/aromatic N) is 1. The Hall–Kier alpha value is -0.990. The highest BCUT2D eigenvalue weighted by atomic mass is 15.2. The second-order valence-corrected chi connectivity index (χ2v) is 6.20. The van der Waals surface area contributed by atoms with Crippen molar-refractivity contribution < 1.29 is 0 Å². The fraction of sp³-hybridized carbons (Fsp3) is 0.769. The van der Waals surface area contributed by atoms with Gasteiger partial charge in [-0.1, -0.05) is 0 Å². The molecule has 0 atom stereocenters. The van der Waals surface area contributed by atoms with Crippen molar-refractivity contribution in [3.05, 3.63) is 11.8 Å². The number of nitrogens with two attached hydrogens (primary N) is 1. The molecule has 4 aliphatic rings. The van der Waals surface area contributed by atoms with E-state index in [0.29, 0.717) is 5.82 Å². The lowest BCUT2D eigenvalue weighted by Gasteiger charge is -2.54. The maximum atomic E-state index is 5.73. The zero-order valence-corrected chi connectivity index (χ0v) is 9.52. The van der Waals surface area contributed by atoms with Crippen LogP contribution in [-0.2, 0) is 0 Å². The third-order valence-corrected chi connectivity index (χ3v) is 5.20. The Kier molecular flexibility index (Phi) is 1.72. The molecule has 1 aromatic rings. The molecule has 0 radical (unpaired) electrons. The third kappa shape index (κ3) is 1.17. The van der Waals surface area contributed by atoms with Gasteiger partial charge in [0.1, 0.15) is 5.82 Å². The van der Waals surface area contributed by atoms with E-state index in [-0.39, 0.29) is 0 Å². The van der Waals surface area contributed by atoms with Gasteiger partial charge >= 0.3 is 0 Å². The molecule has 0 aromatic carbocycles. The van der Waals surface area contributed by atoms with Gasteiger partial charge in [-0.05, 0) is 55.8 Å². The molecule has 0 aliphatic heterocycles. The van der Waals surface area contributed by atoms with Crippen molar-refractivity contribution in [3.8, 4) is 0 Å². The monoisotopic (exact) mass is 217 g/mol. The molecule has 4 aliphatic carbocycles. The van der Waals surface area contributed by atoms with Gasteiger partial charge in [-0.25, -0.2) is 0 Å². The number of nitrogen functional groups attached to an aromatic ring is 1. The van der Waals surface area contributed by atoms with Crippen LogP contribution in [0.2, 0.25) is 0 Å². The molecule has 0 saturated heterocycles. The summed E-state index contributed by atoms with van der Waals surface area (Å²) < 4.78 is 0. The Balaban J connectivity index is 1.69. The number of nitrogens with one attached hydrogen (secondary N) is 1. The molecule has 1 heterocycles. The van der Waals surface area contributed by atoms with Crippen LogP contribution < -0.4 is 5.73 Å². The Morgan fingerprint density at radius 1 is 1.06 bits per heavy atom. The zero-order valence-electron chi connectivity index (χ0n) is 9.52. The van der Waals surface area contributed by atoms with Crippen LogP contribution in [0.5, 0.6) is 0 Å². The molecule has 86 valence electrons. The van der Waals surface area contributed by atoms with Gasteiger partial charge in [-0.2, -0.15) is 5.10 Å². The fourth-order valence-corrected chi connectivity index (χ4v) is 4.96. The molecule has 0 amide bonds. The number of anilines is 1. The van der Waals surface area contributed by atoms with E-state index in [1.165, 1.54) is 37.8 Å². The molecule has 16 heavy (non-hydrogen) atoms. The molecular weight excluding hydrogens is 198 g/mol. The highest BCUT2D eigenvalue weighted by Crippen LogP contribution is 2.59. The molecule has 1 aromatic heterocycles. The molecular formula is C13H19N3. The van der Waals surface area contributed by atoms with Crippen LogP contribution in [0.1, 0.15) is 43.7 Å². The van der Waals surface area contributed by atoms with E-state index in [9.17, 15) is 0 Å². The molecule has 3 N–H and O–H groups in total. The van der Waals surface area contributed by atoms with Crippen molar-refractivity contribution in [1.29, 1.82) is 0 Å². The predicted molar refractivity (Wildman–Crippen MR) is 62.8 cm³/mol. The van der Waals surface area contributed by atoms with E-state index < -0.39 is 0 Å². The average molecular weight is 217 g/mol. The number of aromatic amines is 1. The number of aromatic nitrogens is 2. The lowest BCUT2D eigenvalue weighted by Crippen LogP contribution is -2.43. The van der Waals surface area contributed by atoms with Crippen molar-refractivity contribution in [2.24, 2.45) is 23.7 Å². The Morgan fingerprint density at radius 3 is 2.19 bits per heavy atom. The van der Waals surface area contributed by atoms with E-state index in [0.717, 1.165) is 29.6 Å². The number of H-pyrrole nitrogens is 1. The quantitative estimate of drug-likeness (QED) is 0.759. The van der Waals surface area contributed by atoms with Crippen LogP contribution in [0.25, 0.3) is 0 Å². The first-order chi connectivity index (χ1) is 7.79. The van der Waals surface area contributed by atoms with Gasteiger partial charge in [0.15, 0.2) is 0 Å². The molecule has 4 saturated carbocycles. The summed E-state index contributed by atoms with van der Waals surface area (Å²) in [5.41, 5.74) is 7.04. The summed E-state index contributed by atoms with van der Waals surface area (Å²) in [6, 6.07) is 2.06. The van der Waals surface area contributed by atoms with Crippen LogP contribution in [-0.4, -0.2) is 10.2 Å². The maximum Gasteiger partial charge on any atom is 0.145 e. The maximum absolute atomic E-state index is 5.73. The van der Waals surface area contributed by atoms with Gasteiger partial charge in [-0.15, -0.1) is 0 Å². The largest absolute Gasteiger partial charge is 0.382 e. The van der Waals surface area contributed by atoms with Crippen LogP contribution in [0.4, 0.5) is 5.82 Å².